The van der Waals surface area contributed by atoms with Crippen molar-refractivity contribution in [2.75, 3.05) is 4.90 Å². The lowest BCUT2D eigenvalue weighted by atomic mass is 9.92. The first-order valence-corrected chi connectivity index (χ1v) is 9.76. The summed E-state index contributed by atoms with van der Waals surface area (Å²) < 4.78 is 0. The summed E-state index contributed by atoms with van der Waals surface area (Å²) in [5.74, 6) is -0.837. The molecule has 3 aromatic carbocycles. The molecule has 0 unspecified atom stereocenters. The van der Waals surface area contributed by atoms with Gasteiger partial charge < -0.3 is 10.0 Å². The van der Waals surface area contributed by atoms with Crippen LogP contribution in [0.25, 0.3) is 4.85 Å². The van der Waals surface area contributed by atoms with Gasteiger partial charge in [0.2, 0.25) is 5.91 Å². The first kappa shape index (κ1) is 18.1. The van der Waals surface area contributed by atoms with Crippen LogP contribution >= 0.6 is 0 Å². The highest BCUT2D eigenvalue weighted by atomic mass is 16.4. The third kappa shape index (κ3) is 2.61. The Balaban J connectivity index is 1.50. The molecule has 1 aliphatic carbocycles. The van der Waals surface area contributed by atoms with E-state index in [1.54, 1.807) is 35.2 Å². The zero-order valence-corrected chi connectivity index (χ0v) is 16.1. The molecule has 1 amide bonds. The lowest BCUT2D eigenvalue weighted by Gasteiger charge is -2.19. The summed E-state index contributed by atoms with van der Waals surface area (Å²) in [5.41, 5.74) is 4.01. The molecule has 146 valence electrons. The van der Waals surface area contributed by atoms with E-state index in [-0.39, 0.29) is 17.4 Å². The normalized spacial score (nSPS) is 21.4. The number of nitrogens with zero attached hydrogens (tertiary/aromatic N) is 2. The molecule has 1 aliphatic heterocycles. The monoisotopic (exact) mass is 394 g/mol. The van der Waals surface area contributed by atoms with Gasteiger partial charge >= 0.3 is 5.97 Å². The van der Waals surface area contributed by atoms with Crippen LogP contribution in [0.5, 0.6) is 0 Å². The minimum atomic E-state index is -0.980. The lowest BCUT2D eigenvalue weighted by Crippen LogP contribution is -2.32. The zero-order valence-electron chi connectivity index (χ0n) is 16.1. The Labute approximate surface area is 174 Å². The average molecular weight is 394 g/mol. The van der Waals surface area contributed by atoms with Crippen molar-refractivity contribution in [3.05, 3.63) is 106 Å². The molecule has 1 fully saturated rings. The standard InChI is InChI=1S/C25H18N2O3/c1-26-19-11-9-17(10-12-19)21-14-25(21)20-7-2-3-8-22(20)27(24(25)30)15-16-5-4-6-18(13-16)23(28)29/h2-13,21H,14-15H2,(H,28,29)/t21-,25-/m0/s1. The van der Waals surface area contributed by atoms with Crippen LogP contribution in [0.1, 0.15) is 39.4 Å². The minimum Gasteiger partial charge on any atom is -0.478 e. The summed E-state index contributed by atoms with van der Waals surface area (Å²) in [4.78, 5) is 30.2. The van der Waals surface area contributed by atoms with E-state index >= 15 is 0 Å². The van der Waals surface area contributed by atoms with E-state index in [0.29, 0.717) is 12.2 Å². The maximum absolute atomic E-state index is 13.6. The average Bonchev–Trinajstić information content (AvgIpc) is 3.49. The highest BCUT2D eigenvalue weighted by molar-refractivity contribution is 6.11. The summed E-state index contributed by atoms with van der Waals surface area (Å²) in [6.45, 7) is 7.46. The van der Waals surface area contributed by atoms with E-state index in [4.69, 9.17) is 6.57 Å². The highest BCUT2D eigenvalue weighted by Crippen LogP contribution is 2.66. The second-order valence-electron chi connectivity index (χ2n) is 7.85. The molecule has 1 heterocycles. The van der Waals surface area contributed by atoms with Crippen molar-refractivity contribution >= 4 is 23.3 Å². The van der Waals surface area contributed by atoms with Crippen molar-refractivity contribution in [2.45, 2.75) is 24.3 Å². The molecule has 1 N–H and O–H groups in total. The van der Waals surface area contributed by atoms with Gasteiger partial charge in [-0.05, 0) is 41.3 Å². The van der Waals surface area contributed by atoms with E-state index in [0.717, 1.165) is 28.8 Å². The number of benzene rings is 3. The van der Waals surface area contributed by atoms with Gasteiger partial charge in [-0.1, -0.05) is 54.6 Å². The number of amides is 1. The molecular formula is C25H18N2O3. The Bertz CT molecular complexity index is 1230. The number of fused-ring (bicyclic) bond motifs is 2. The third-order valence-electron chi connectivity index (χ3n) is 6.20. The van der Waals surface area contributed by atoms with Gasteiger partial charge in [0, 0.05) is 11.6 Å². The quantitative estimate of drug-likeness (QED) is 0.640. The smallest absolute Gasteiger partial charge is 0.335 e. The molecule has 0 bridgehead atoms. The number of rotatable bonds is 4. The molecule has 2 atom stereocenters. The number of aromatic carboxylic acids is 1. The molecule has 3 aromatic rings. The van der Waals surface area contributed by atoms with Crippen LogP contribution in [-0.2, 0) is 16.8 Å². The van der Waals surface area contributed by atoms with Gasteiger partial charge in [0.1, 0.15) is 0 Å². The number of para-hydroxylation sites is 1. The Morgan fingerprint density at radius 1 is 1.10 bits per heavy atom. The number of hydrogen-bond acceptors (Lipinski definition) is 2. The summed E-state index contributed by atoms with van der Waals surface area (Å²) in [6.07, 6.45) is 0.742. The van der Waals surface area contributed by atoms with E-state index in [1.165, 1.54) is 0 Å². The summed E-state index contributed by atoms with van der Waals surface area (Å²) in [7, 11) is 0. The van der Waals surface area contributed by atoms with E-state index in [9.17, 15) is 14.7 Å². The van der Waals surface area contributed by atoms with Crippen molar-refractivity contribution in [3.63, 3.8) is 0 Å². The minimum absolute atomic E-state index is 0.0590. The fraction of sp³-hybridized carbons (Fsp3) is 0.160. The SMILES string of the molecule is [C-]#[N+]c1ccc([C@@H]2C[C@@]23C(=O)N(Cc2cccc(C(=O)O)c2)c2ccccc23)cc1. The second kappa shape index (κ2) is 6.57. The zero-order chi connectivity index (χ0) is 20.9. The van der Waals surface area contributed by atoms with E-state index in [1.807, 2.05) is 42.5 Å². The Hall–Kier alpha value is -3.91. The Morgan fingerprint density at radius 3 is 2.60 bits per heavy atom. The van der Waals surface area contributed by atoms with Gasteiger partial charge in [-0.2, -0.15) is 0 Å². The lowest BCUT2D eigenvalue weighted by molar-refractivity contribution is -0.120. The second-order valence-corrected chi connectivity index (χ2v) is 7.85. The predicted molar refractivity (Wildman–Crippen MR) is 113 cm³/mol. The number of anilines is 1. The van der Waals surface area contributed by atoms with Crippen molar-refractivity contribution in [1.29, 1.82) is 0 Å². The predicted octanol–water partition coefficient (Wildman–Crippen LogP) is 4.91. The molecule has 2 aliphatic rings. The van der Waals surface area contributed by atoms with Crippen molar-refractivity contribution in [2.24, 2.45) is 0 Å². The first-order chi connectivity index (χ1) is 14.5. The van der Waals surface area contributed by atoms with Gasteiger partial charge in [-0.25, -0.2) is 9.64 Å². The van der Waals surface area contributed by atoms with Crippen LogP contribution in [0.3, 0.4) is 0 Å². The molecule has 1 saturated carbocycles. The Morgan fingerprint density at radius 2 is 1.87 bits per heavy atom. The largest absolute Gasteiger partial charge is 0.478 e. The topological polar surface area (TPSA) is 62.0 Å². The maximum atomic E-state index is 13.6. The van der Waals surface area contributed by atoms with Crippen molar-refractivity contribution in [1.82, 2.24) is 0 Å². The number of carboxylic acids is 1. The van der Waals surface area contributed by atoms with Crippen LogP contribution in [0.15, 0.2) is 72.8 Å². The highest BCUT2D eigenvalue weighted by Gasteiger charge is 2.66. The van der Waals surface area contributed by atoms with Crippen LogP contribution < -0.4 is 4.90 Å². The summed E-state index contributed by atoms with van der Waals surface area (Å²) in [5, 5.41) is 9.27. The fourth-order valence-corrected chi connectivity index (χ4v) is 4.67. The molecule has 5 nitrogen and oxygen atoms in total. The molecule has 0 saturated heterocycles. The summed E-state index contributed by atoms with van der Waals surface area (Å²) >= 11 is 0. The van der Waals surface area contributed by atoms with Gasteiger partial charge in [-0.15, -0.1) is 0 Å². The fourth-order valence-electron chi connectivity index (χ4n) is 4.67. The van der Waals surface area contributed by atoms with Crippen LogP contribution in [-0.4, -0.2) is 17.0 Å². The Kier molecular flexibility index (Phi) is 3.97. The number of carbonyl (C=O) groups excluding carboxylic acids is 1. The van der Waals surface area contributed by atoms with Gasteiger partial charge in [-0.3, -0.25) is 4.79 Å². The molecule has 5 rings (SSSR count). The molecule has 0 radical (unpaired) electrons. The van der Waals surface area contributed by atoms with Crippen molar-refractivity contribution < 1.29 is 14.7 Å². The summed E-state index contributed by atoms with van der Waals surface area (Å²) in [6, 6.07) is 22.1. The number of hydrogen-bond donors (Lipinski definition) is 1. The maximum Gasteiger partial charge on any atom is 0.335 e. The van der Waals surface area contributed by atoms with Gasteiger partial charge in [0.25, 0.3) is 0 Å². The van der Waals surface area contributed by atoms with Crippen LogP contribution in [0, 0.1) is 6.57 Å². The van der Waals surface area contributed by atoms with Crippen molar-refractivity contribution in [3.8, 4) is 0 Å². The molecule has 0 aromatic heterocycles. The third-order valence-corrected chi connectivity index (χ3v) is 6.20. The number of carboxylic acid groups (broad SMARTS) is 1. The van der Waals surface area contributed by atoms with Crippen LogP contribution in [0.4, 0.5) is 11.4 Å². The van der Waals surface area contributed by atoms with Gasteiger partial charge in [0.05, 0.1) is 24.1 Å². The molecule has 1 spiro atoms. The van der Waals surface area contributed by atoms with Gasteiger partial charge in [0.15, 0.2) is 5.69 Å². The molecular weight excluding hydrogens is 376 g/mol. The van der Waals surface area contributed by atoms with E-state index in [2.05, 4.69) is 4.85 Å². The number of carbonyl (C=O) groups is 2. The first-order valence-electron chi connectivity index (χ1n) is 9.76. The molecule has 30 heavy (non-hydrogen) atoms. The molecule has 5 heteroatoms. The van der Waals surface area contributed by atoms with E-state index < -0.39 is 11.4 Å². The van der Waals surface area contributed by atoms with Crippen LogP contribution in [0.2, 0.25) is 0 Å².